The number of amides is 1. The molecule has 2 unspecified atom stereocenters. The highest BCUT2D eigenvalue weighted by Gasteiger charge is 2.25. The molecule has 1 aromatic heterocycles. The van der Waals surface area contributed by atoms with Crippen molar-refractivity contribution in [1.82, 2.24) is 20.2 Å². The van der Waals surface area contributed by atoms with Crippen molar-refractivity contribution >= 4 is 11.9 Å². The maximum Gasteiger partial charge on any atom is 0.325 e. The number of carbonyl (C=O) groups excluding carboxylic acids is 1. The molecule has 1 aliphatic rings. The van der Waals surface area contributed by atoms with Crippen molar-refractivity contribution in [2.45, 2.75) is 32.0 Å². The molecule has 0 spiro atoms. The number of carboxylic acid groups (broad SMARTS) is 1. The number of hydrogen-bond acceptors (Lipinski definition) is 4. The van der Waals surface area contributed by atoms with Crippen LogP contribution in [-0.4, -0.2) is 38.6 Å². The Kier molecular flexibility index (Phi) is 3.84. The molecule has 0 radical (unpaired) electrons. The number of carboxylic acids is 1. The molecule has 2 rings (SSSR count). The van der Waals surface area contributed by atoms with Crippen LogP contribution in [0.25, 0.3) is 0 Å². The average molecular weight is 264 g/mol. The van der Waals surface area contributed by atoms with Gasteiger partial charge in [-0.2, -0.15) is 0 Å². The summed E-state index contributed by atoms with van der Waals surface area (Å²) in [5.74, 6) is -1.34. The van der Waals surface area contributed by atoms with E-state index in [-0.39, 0.29) is 5.91 Å². The lowest BCUT2D eigenvalue weighted by Crippen LogP contribution is -2.47. The zero-order chi connectivity index (χ0) is 13.8. The van der Waals surface area contributed by atoms with E-state index < -0.39 is 18.1 Å². The third-order valence-electron chi connectivity index (χ3n) is 2.92. The summed E-state index contributed by atoms with van der Waals surface area (Å²) in [5, 5.41) is 14.3. The Labute approximate surface area is 110 Å². The molecule has 102 valence electrons. The molecule has 19 heavy (non-hydrogen) atoms. The summed E-state index contributed by atoms with van der Waals surface area (Å²) < 4.78 is 1.89. The third kappa shape index (κ3) is 3.34. The van der Waals surface area contributed by atoms with Gasteiger partial charge in [-0.1, -0.05) is 6.08 Å². The highest BCUT2D eigenvalue weighted by Crippen LogP contribution is 2.11. The van der Waals surface area contributed by atoms with Crippen molar-refractivity contribution < 1.29 is 14.7 Å². The van der Waals surface area contributed by atoms with Crippen molar-refractivity contribution in [3.63, 3.8) is 0 Å². The van der Waals surface area contributed by atoms with E-state index in [4.69, 9.17) is 5.11 Å². The first-order valence-electron chi connectivity index (χ1n) is 6.00. The van der Waals surface area contributed by atoms with Gasteiger partial charge in [0.25, 0.3) is 0 Å². The molecule has 7 nitrogen and oxygen atoms in total. The van der Waals surface area contributed by atoms with Crippen LogP contribution in [0, 0.1) is 0 Å². The number of imidazole rings is 1. The van der Waals surface area contributed by atoms with E-state index in [1.54, 1.807) is 12.5 Å². The van der Waals surface area contributed by atoms with E-state index in [0.717, 1.165) is 5.70 Å². The molecule has 3 N–H and O–H groups in total. The molecule has 0 saturated heterocycles. The lowest BCUT2D eigenvalue weighted by atomic mass is 10.2. The minimum atomic E-state index is -1.04. The Morgan fingerprint density at radius 1 is 1.68 bits per heavy atom. The lowest BCUT2D eigenvalue weighted by molar-refractivity contribution is -0.141. The first kappa shape index (κ1) is 13.1. The Bertz CT molecular complexity index is 495. The summed E-state index contributed by atoms with van der Waals surface area (Å²) in [6, 6.07) is -1.28. The molecule has 1 aromatic rings. The average Bonchev–Trinajstić information content (AvgIpc) is 3.00. The van der Waals surface area contributed by atoms with E-state index in [9.17, 15) is 9.59 Å². The van der Waals surface area contributed by atoms with Crippen LogP contribution in [0.5, 0.6) is 0 Å². The number of aliphatic carboxylic acids is 1. The molecular formula is C12H16N4O3. The van der Waals surface area contributed by atoms with Crippen LogP contribution in [0.3, 0.4) is 0 Å². The normalized spacial score (nSPS) is 19.4. The standard InChI is InChI=1S/C12H16N4O3/c1-8(12(18)19)14-11(17)10-3-2-9(15-10)6-16-5-4-13-7-16/h2,4-5,7-8,10,15H,3,6H2,1H3,(H,14,17)(H,18,19). The quantitative estimate of drug-likeness (QED) is 0.679. The molecule has 0 aromatic carbocycles. The van der Waals surface area contributed by atoms with Gasteiger partial charge >= 0.3 is 5.97 Å². The second-order valence-electron chi connectivity index (χ2n) is 4.47. The molecule has 1 aliphatic heterocycles. The first-order valence-corrected chi connectivity index (χ1v) is 6.00. The van der Waals surface area contributed by atoms with E-state index >= 15 is 0 Å². The SMILES string of the molecule is CC(NC(=O)C1CC=C(Cn2ccnc2)N1)C(=O)O. The zero-order valence-electron chi connectivity index (χ0n) is 10.5. The number of aromatic nitrogens is 2. The predicted molar refractivity (Wildman–Crippen MR) is 67.1 cm³/mol. The van der Waals surface area contributed by atoms with Crippen molar-refractivity contribution in [2.24, 2.45) is 0 Å². The number of carbonyl (C=O) groups is 2. The lowest BCUT2D eigenvalue weighted by Gasteiger charge is -2.16. The molecule has 7 heteroatoms. The van der Waals surface area contributed by atoms with E-state index in [1.165, 1.54) is 6.92 Å². The van der Waals surface area contributed by atoms with Crippen LogP contribution >= 0.6 is 0 Å². The summed E-state index contributed by atoms with van der Waals surface area (Å²) in [7, 11) is 0. The summed E-state index contributed by atoms with van der Waals surface area (Å²) >= 11 is 0. The van der Waals surface area contributed by atoms with E-state index in [1.807, 2.05) is 16.8 Å². The Hall–Kier alpha value is -2.31. The van der Waals surface area contributed by atoms with Gasteiger partial charge < -0.3 is 20.3 Å². The third-order valence-corrected chi connectivity index (χ3v) is 2.92. The fourth-order valence-electron chi connectivity index (χ4n) is 1.84. The molecular weight excluding hydrogens is 248 g/mol. The molecule has 0 bridgehead atoms. The van der Waals surface area contributed by atoms with Crippen LogP contribution < -0.4 is 10.6 Å². The minimum absolute atomic E-state index is 0.299. The Morgan fingerprint density at radius 3 is 3.11 bits per heavy atom. The maximum absolute atomic E-state index is 11.8. The van der Waals surface area contributed by atoms with E-state index in [2.05, 4.69) is 15.6 Å². The maximum atomic E-state index is 11.8. The van der Waals surface area contributed by atoms with Gasteiger partial charge in [0.1, 0.15) is 12.1 Å². The van der Waals surface area contributed by atoms with Crippen LogP contribution in [0.4, 0.5) is 0 Å². The first-order chi connectivity index (χ1) is 9.06. The predicted octanol–water partition coefficient (Wildman–Crippen LogP) is -0.282. The van der Waals surface area contributed by atoms with Crippen LogP contribution in [0.1, 0.15) is 13.3 Å². The molecule has 2 heterocycles. The van der Waals surface area contributed by atoms with Gasteiger partial charge in [0, 0.05) is 18.1 Å². The highest BCUT2D eigenvalue weighted by molar-refractivity contribution is 5.87. The Balaban J connectivity index is 1.83. The molecule has 2 atom stereocenters. The number of nitrogens with one attached hydrogen (secondary N) is 2. The topological polar surface area (TPSA) is 96.3 Å². The van der Waals surface area contributed by atoms with Gasteiger partial charge in [0.05, 0.1) is 12.9 Å². The summed E-state index contributed by atoms with van der Waals surface area (Å²) in [6.07, 6.45) is 7.72. The van der Waals surface area contributed by atoms with Crippen LogP contribution in [-0.2, 0) is 16.1 Å². The van der Waals surface area contributed by atoms with Gasteiger partial charge in [0.15, 0.2) is 0 Å². The van der Waals surface area contributed by atoms with Crippen molar-refractivity contribution in [2.75, 3.05) is 0 Å². The second kappa shape index (κ2) is 5.55. The highest BCUT2D eigenvalue weighted by atomic mass is 16.4. The fraction of sp³-hybridized carbons (Fsp3) is 0.417. The molecule has 0 aliphatic carbocycles. The zero-order valence-corrected chi connectivity index (χ0v) is 10.5. The van der Waals surface area contributed by atoms with Gasteiger partial charge in [-0.3, -0.25) is 9.59 Å². The van der Waals surface area contributed by atoms with Crippen molar-refractivity contribution in [3.05, 3.63) is 30.5 Å². The van der Waals surface area contributed by atoms with Crippen LogP contribution in [0.2, 0.25) is 0 Å². The largest absolute Gasteiger partial charge is 0.480 e. The van der Waals surface area contributed by atoms with Crippen LogP contribution in [0.15, 0.2) is 30.5 Å². The molecule has 1 amide bonds. The number of nitrogens with zero attached hydrogens (tertiary/aromatic N) is 2. The van der Waals surface area contributed by atoms with Gasteiger partial charge in [-0.05, 0) is 13.3 Å². The monoisotopic (exact) mass is 264 g/mol. The molecule has 0 saturated carbocycles. The van der Waals surface area contributed by atoms with Gasteiger partial charge in [0.2, 0.25) is 5.91 Å². The second-order valence-corrected chi connectivity index (χ2v) is 4.47. The van der Waals surface area contributed by atoms with Crippen molar-refractivity contribution in [3.8, 4) is 0 Å². The van der Waals surface area contributed by atoms with Gasteiger partial charge in [-0.25, -0.2) is 4.98 Å². The minimum Gasteiger partial charge on any atom is -0.480 e. The van der Waals surface area contributed by atoms with Gasteiger partial charge in [-0.15, -0.1) is 0 Å². The van der Waals surface area contributed by atoms with Crippen molar-refractivity contribution in [1.29, 1.82) is 0 Å². The summed E-state index contributed by atoms with van der Waals surface area (Å²) in [6.45, 7) is 2.06. The Morgan fingerprint density at radius 2 is 2.47 bits per heavy atom. The van der Waals surface area contributed by atoms with E-state index in [0.29, 0.717) is 13.0 Å². The number of hydrogen-bond donors (Lipinski definition) is 3. The number of rotatable bonds is 5. The summed E-state index contributed by atoms with van der Waals surface area (Å²) in [5.41, 5.74) is 0.932. The number of allylic oxidation sites excluding steroid dienone is 1. The molecule has 0 fully saturated rings. The summed E-state index contributed by atoms with van der Waals surface area (Å²) in [4.78, 5) is 26.4. The smallest absolute Gasteiger partial charge is 0.325 e. The fourth-order valence-corrected chi connectivity index (χ4v) is 1.84.